The summed E-state index contributed by atoms with van der Waals surface area (Å²) < 4.78 is 0.704. The molecule has 108 valence electrons. The second-order valence-corrected chi connectivity index (χ2v) is 6.10. The van der Waals surface area contributed by atoms with E-state index in [-0.39, 0.29) is 11.4 Å². The molecule has 0 aliphatic carbocycles. The molecule has 21 heavy (non-hydrogen) atoms. The van der Waals surface area contributed by atoms with Crippen molar-refractivity contribution in [2.75, 3.05) is 5.32 Å². The van der Waals surface area contributed by atoms with Gasteiger partial charge in [0, 0.05) is 6.08 Å². The minimum Gasteiger partial charge on any atom is -0.478 e. The number of carbonyl (C=O) groups excluding carboxylic acids is 1. The third kappa shape index (κ3) is 4.29. The number of nitrogens with zero attached hydrogens (tertiary/aromatic N) is 1. The smallest absolute Gasteiger partial charge is 0.328 e. The lowest BCUT2D eigenvalue weighted by molar-refractivity contribution is -0.131. The van der Waals surface area contributed by atoms with E-state index in [0.717, 1.165) is 17.4 Å². The maximum absolute atomic E-state index is 12.0. The molecule has 2 rings (SSSR count). The summed E-state index contributed by atoms with van der Waals surface area (Å²) in [7, 11) is 0. The van der Waals surface area contributed by atoms with Crippen molar-refractivity contribution in [1.29, 1.82) is 0 Å². The van der Waals surface area contributed by atoms with E-state index >= 15 is 0 Å². The number of carboxylic acids is 1. The fourth-order valence-electron chi connectivity index (χ4n) is 1.45. The standard InChI is InChI=1S/C13H8Cl2N2O3S/c14-9-6-8(12(15)21-9)13(20)17-10-3-1-2-7(16-10)4-5-11(18)19/h1-6H,(H,18,19)(H,16,17,20)/b5-4+. The van der Waals surface area contributed by atoms with Crippen LogP contribution in [0, 0.1) is 0 Å². The van der Waals surface area contributed by atoms with Crippen molar-refractivity contribution in [3.05, 3.63) is 50.3 Å². The molecule has 0 bridgehead atoms. The summed E-state index contributed by atoms with van der Waals surface area (Å²) in [4.78, 5) is 26.6. The number of rotatable bonds is 4. The Morgan fingerprint density at radius 2 is 2.10 bits per heavy atom. The average molecular weight is 343 g/mol. The predicted octanol–water partition coefficient (Wildman–Crippen LogP) is 3.80. The maximum atomic E-state index is 12.0. The number of hydrogen-bond donors (Lipinski definition) is 2. The van der Waals surface area contributed by atoms with Crippen molar-refractivity contribution >= 4 is 58.3 Å². The molecule has 0 unspecified atom stereocenters. The first-order valence-corrected chi connectivity index (χ1v) is 7.17. The van der Waals surface area contributed by atoms with Crippen LogP contribution in [0.3, 0.4) is 0 Å². The highest BCUT2D eigenvalue weighted by molar-refractivity contribution is 7.20. The summed E-state index contributed by atoms with van der Waals surface area (Å²) in [5.74, 6) is -1.23. The lowest BCUT2D eigenvalue weighted by Crippen LogP contribution is -2.12. The van der Waals surface area contributed by atoms with Crippen molar-refractivity contribution in [2.24, 2.45) is 0 Å². The number of amides is 1. The summed E-state index contributed by atoms with van der Waals surface area (Å²) in [6, 6.07) is 6.31. The van der Waals surface area contributed by atoms with Crippen LogP contribution in [0.5, 0.6) is 0 Å². The Morgan fingerprint density at radius 3 is 2.71 bits per heavy atom. The van der Waals surface area contributed by atoms with Crippen LogP contribution in [-0.4, -0.2) is 22.0 Å². The van der Waals surface area contributed by atoms with Crippen LogP contribution in [0.1, 0.15) is 16.1 Å². The number of pyridine rings is 1. The van der Waals surface area contributed by atoms with E-state index < -0.39 is 11.9 Å². The van der Waals surface area contributed by atoms with Crippen LogP contribution in [0.25, 0.3) is 6.08 Å². The van der Waals surface area contributed by atoms with E-state index in [2.05, 4.69) is 10.3 Å². The van der Waals surface area contributed by atoms with Gasteiger partial charge in [0.25, 0.3) is 5.91 Å². The largest absolute Gasteiger partial charge is 0.478 e. The van der Waals surface area contributed by atoms with Gasteiger partial charge in [0.15, 0.2) is 0 Å². The predicted molar refractivity (Wildman–Crippen MR) is 83.2 cm³/mol. The van der Waals surface area contributed by atoms with E-state index in [0.29, 0.717) is 14.4 Å². The van der Waals surface area contributed by atoms with Crippen molar-refractivity contribution in [2.45, 2.75) is 0 Å². The van der Waals surface area contributed by atoms with Crippen LogP contribution in [0.2, 0.25) is 8.67 Å². The van der Waals surface area contributed by atoms with Gasteiger partial charge in [-0.05, 0) is 24.3 Å². The molecule has 0 aromatic carbocycles. The van der Waals surface area contributed by atoms with Gasteiger partial charge in [-0.15, -0.1) is 11.3 Å². The number of nitrogens with one attached hydrogen (secondary N) is 1. The maximum Gasteiger partial charge on any atom is 0.328 e. The second-order valence-electron chi connectivity index (χ2n) is 3.81. The van der Waals surface area contributed by atoms with E-state index in [1.807, 2.05) is 0 Å². The van der Waals surface area contributed by atoms with Gasteiger partial charge in [0.2, 0.25) is 0 Å². The highest BCUT2D eigenvalue weighted by atomic mass is 35.5. The molecule has 2 aromatic heterocycles. The number of carbonyl (C=O) groups is 2. The normalized spacial score (nSPS) is 10.8. The van der Waals surface area contributed by atoms with Gasteiger partial charge in [0.1, 0.15) is 10.2 Å². The number of carboxylic acid groups (broad SMARTS) is 1. The van der Waals surface area contributed by atoms with Gasteiger partial charge in [-0.25, -0.2) is 9.78 Å². The number of thiophene rings is 1. The van der Waals surface area contributed by atoms with Crippen LogP contribution < -0.4 is 5.32 Å². The number of hydrogen-bond acceptors (Lipinski definition) is 4. The Hall–Kier alpha value is -1.89. The van der Waals surface area contributed by atoms with Gasteiger partial charge in [-0.2, -0.15) is 0 Å². The summed E-state index contributed by atoms with van der Waals surface area (Å²) in [5, 5.41) is 11.1. The molecule has 0 atom stereocenters. The highest BCUT2D eigenvalue weighted by Crippen LogP contribution is 2.31. The number of aliphatic carboxylic acids is 1. The van der Waals surface area contributed by atoms with Gasteiger partial charge in [0.05, 0.1) is 15.6 Å². The van der Waals surface area contributed by atoms with Crippen LogP contribution in [0.15, 0.2) is 30.3 Å². The van der Waals surface area contributed by atoms with Gasteiger partial charge < -0.3 is 10.4 Å². The van der Waals surface area contributed by atoms with Crippen molar-refractivity contribution < 1.29 is 14.7 Å². The molecule has 2 heterocycles. The Kier molecular flexibility index (Phi) is 4.95. The van der Waals surface area contributed by atoms with E-state index in [1.165, 1.54) is 12.1 Å². The number of aromatic nitrogens is 1. The molecule has 0 saturated carbocycles. The first-order valence-electron chi connectivity index (χ1n) is 5.60. The summed E-state index contributed by atoms with van der Waals surface area (Å²) in [6.07, 6.45) is 2.29. The molecule has 0 radical (unpaired) electrons. The molecule has 1 amide bonds. The molecular formula is C13H8Cl2N2O3S. The minimum atomic E-state index is -1.08. The van der Waals surface area contributed by atoms with E-state index in [1.54, 1.807) is 18.2 Å². The molecule has 0 aliphatic rings. The summed E-state index contributed by atoms with van der Waals surface area (Å²) in [6.45, 7) is 0. The lowest BCUT2D eigenvalue weighted by Gasteiger charge is -2.04. The third-order valence-corrected chi connectivity index (χ3v) is 3.80. The quantitative estimate of drug-likeness (QED) is 0.828. The molecule has 5 nitrogen and oxygen atoms in total. The zero-order valence-corrected chi connectivity index (χ0v) is 12.7. The third-order valence-electron chi connectivity index (χ3n) is 2.31. The SMILES string of the molecule is O=C(O)/C=C/c1cccc(NC(=O)c2cc(Cl)sc2Cl)n1. The molecule has 8 heteroatoms. The van der Waals surface area contributed by atoms with Crippen LogP contribution >= 0.6 is 34.5 Å². The Labute approximate surface area is 133 Å². The van der Waals surface area contributed by atoms with Gasteiger partial charge >= 0.3 is 5.97 Å². The molecule has 0 fully saturated rings. The molecule has 0 aliphatic heterocycles. The van der Waals surface area contributed by atoms with Crippen molar-refractivity contribution in [1.82, 2.24) is 4.98 Å². The zero-order valence-electron chi connectivity index (χ0n) is 10.3. The first kappa shape index (κ1) is 15.5. The summed E-state index contributed by atoms with van der Waals surface area (Å²) in [5.41, 5.74) is 0.671. The molecule has 0 saturated heterocycles. The molecular weight excluding hydrogens is 335 g/mol. The molecule has 2 N–H and O–H groups in total. The first-order chi connectivity index (χ1) is 9.95. The molecule has 2 aromatic rings. The minimum absolute atomic E-state index is 0.264. The van der Waals surface area contributed by atoms with Crippen molar-refractivity contribution in [3.63, 3.8) is 0 Å². The van der Waals surface area contributed by atoms with Crippen molar-refractivity contribution in [3.8, 4) is 0 Å². The summed E-state index contributed by atoms with van der Waals surface area (Å²) >= 11 is 12.8. The lowest BCUT2D eigenvalue weighted by atomic mass is 10.3. The topological polar surface area (TPSA) is 79.3 Å². The Morgan fingerprint density at radius 1 is 1.33 bits per heavy atom. The second kappa shape index (κ2) is 6.71. The zero-order chi connectivity index (χ0) is 15.4. The number of anilines is 1. The molecule has 0 spiro atoms. The average Bonchev–Trinajstić information content (AvgIpc) is 2.76. The monoisotopic (exact) mass is 342 g/mol. The Balaban J connectivity index is 2.16. The fourth-order valence-corrected chi connectivity index (χ4v) is 2.91. The van der Waals surface area contributed by atoms with E-state index in [4.69, 9.17) is 28.3 Å². The van der Waals surface area contributed by atoms with Gasteiger partial charge in [-0.3, -0.25) is 4.79 Å². The van der Waals surface area contributed by atoms with Crippen LogP contribution in [-0.2, 0) is 4.79 Å². The van der Waals surface area contributed by atoms with Crippen LogP contribution in [0.4, 0.5) is 5.82 Å². The highest BCUT2D eigenvalue weighted by Gasteiger charge is 2.14. The fraction of sp³-hybridized carbons (Fsp3) is 0. The van der Waals surface area contributed by atoms with Gasteiger partial charge in [-0.1, -0.05) is 29.3 Å². The number of halogens is 2. The van der Waals surface area contributed by atoms with E-state index in [9.17, 15) is 9.59 Å². The Bertz CT molecular complexity index is 728.